The van der Waals surface area contributed by atoms with Crippen LogP contribution in [0.4, 0.5) is 0 Å². The van der Waals surface area contributed by atoms with Crippen molar-refractivity contribution in [3.63, 3.8) is 0 Å². The first kappa shape index (κ1) is 21.9. The van der Waals surface area contributed by atoms with Crippen molar-refractivity contribution in [3.05, 3.63) is 90.1 Å². The second kappa shape index (κ2) is 9.79. The quantitative estimate of drug-likeness (QED) is 0.389. The summed E-state index contributed by atoms with van der Waals surface area (Å²) >= 11 is 0. The number of allylic oxidation sites excluding steroid dienone is 1. The molecule has 0 saturated heterocycles. The van der Waals surface area contributed by atoms with E-state index in [1.165, 1.54) is 30.3 Å². The van der Waals surface area contributed by atoms with Crippen LogP contribution in [0.1, 0.15) is 15.9 Å². The number of nitrogens with zero attached hydrogens (tertiary/aromatic N) is 1. The number of pyridine rings is 1. The van der Waals surface area contributed by atoms with Gasteiger partial charge in [0.25, 0.3) is 0 Å². The topological polar surface area (TPSA) is 123 Å². The molecule has 0 radical (unpaired) electrons. The van der Waals surface area contributed by atoms with Crippen LogP contribution in [0, 0.1) is 0 Å². The highest BCUT2D eigenvalue weighted by atomic mass is 32.2. The normalized spacial score (nSPS) is 11.4. The van der Waals surface area contributed by atoms with Crippen molar-refractivity contribution in [2.75, 3.05) is 6.54 Å². The van der Waals surface area contributed by atoms with Gasteiger partial charge in [0.05, 0.1) is 4.90 Å². The first-order valence-electron chi connectivity index (χ1n) is 9.06. The van der Waals surface area contributed by atoms with E-state index in [1.807, 2.05) is 10.8 Å². The number of hydrogen-bond acceptors (Lipinski definition) is 6. The zero-order valence-electron chi connectivity index (χ0n) is 16.1. The van der Waals surface area contributed by atoms with Gasteiger partial charge in [0.15, 0.2) is 5.78 Å². The average molecular weight is 438 g/mol. The van der Waals surface area contributed by atoms with Gasteiger partial charge in [-0.05, 0) is 54.1 Å². The number of carbonyl (C=O) groups excluding carboxylic acids is 1. The standard InChI is InChI=1S/C22H18N2O6S/c25-20(17-8-10-19(11-9-17)31(28,29)24-15-22(26)27)12-7-16-4-3-5-18(14-16)30-21-6-1-2-13-23-21/h1-14,24H,15H2,(H,26,27)/b12-7+. The highest BCUT2D eigenvalue weighted by Gasteiger charge is 2.15. The zero-order valence-corrected chi connectivity index (χ0v) is 17.0. The smallest absolute Gasteiger partial charge is 0.318 e. The number of carbonyl (C=O) groups is 2. The lowest BCUT2D eigenvalue weighted by Gasteiger charge is -2.05. The van der Waals surface area contributed by atoms with Gasteiger partial charge in [-0.2, -0.15) is 4.72 Å². The molecule has 1 aromatic heterocycles. The van der Waals surface area contributed by atoms with Crippen LogP contribution in [-0.2, 0) is 14.8 Å². The fourth-order valence-electron chi connectivity index (χ4n) is 2.52. The Bertz CT molecular complexity index is 1210. The molecule has 8 nitrogen and oxygen atoms in total. The van der Waals surface area contributed by atoms with E-state index in [9.17, 15) is 18.0 Å². The third kappa shape index (κ3) is 6.33. The number of benzene rings is 2. The van der Waals surface area contributed by atoms with Gasteiger partial charge in [0.1, 0.15) is 12.3 Å². The van der Waals surface area contributed by atoms with Gasteiger partial charge in [0.2, 0.25) is 15.9 Å². The molecule has 0 saturated carbocycles. The second-order valence-corrected chi connectivity index (χ2v) is 8.05. The van der Waals surface area contributed by atoms with E-state index >= 15 is 0 Å². The van der Waals surface area contributed by atoms with Crippen molar-refractivity contribution in [1.82, 2.24) is 9.71 Å². The molecular weight excluding hydrogens is 420 g/mol. The molecule has 0 aliphatic rings. The van der Waals surface area contributed by atoms with Crippen molar-refractivity contribution in [1.29, 1.82) is 0 Å². The molecule has 3 aromatic rings. The van der Waals surface area contributed by atoms with Crippen LogP contribution in [-0.4, -0.2) is 36.8 Å². The molecule has 31 heavy (non-hydrogen) atoms. The first-order valence-corrected chi connectivity index (χ1v) is 10.5. The van der Waals surface area contributed by atoms with Crippen molar-refractivity contribution in [2.45, 2.75) is 4.90 Å². The lowest BCUT2D eigenvalue weighted by atomic mass is 10.1. The summed E-state index contributed by atoms with van der Waals surface area (Å²) in [6.45, 7) is -0.727. The Kier molecular flexibility index (Phi) is 6.91. The minimum absolute atomic E-state index is 0.131. The van der Waals surface area contributed by atoms with Crippen LogP contribution >= 0.6 is 0 Å². The van der Waals surface area contributed by atoms with E-state index in [0.29, 0.717) is 11.6 Å². The van der Waals surface area contributed by atoms with E-state index in [-0.39, 0.29) is 16.2 Å². The largest absolute Gasteiger partial charge is 0.480 e. The summed E-state index contributed by atoms with van der Waals surface area (Å²) in [5, 5.41) is 8.59. The maximum atomic E-state index is 12.4. The van der Waals surface area contributed by atoms with Gasteiger partial charge < -0.3 is 9.84 Å². The number of aromatic nitrogens is 1. The molecule has 3 rings (SSSR count). The van der Waals surface area contributed by atoms with Gasteiger partial charge in [-0.25, -0.2) is 13.4 Å². The molecule has 0 atom stereocenters. The van der Waals surface area contributed by atoms with E-state index in [1.54, 1.807) is 48.7 Å². The van der Waals surface area contributed by atoms with Crippen molar-refractivity contribution in [3.8, 4) is 11.6 Å². The lowest BCUT2D eigenvalue weighted by molar-refractivity contribution is -0.135. The average Bonchev–Trinajstić information content (AvgIpc) is 2.77. The predicted molar refractivity (Wildman–Crippen MR) is 113 cm³/mol. The molecule has 0 bridgehead atoms. The van der Waals surface area contributed by atoms with Crippen LogP contribution in [0.3, 0.4) is 0 Å². The number of rotatable bonds is 9. The number of hydrogen-bond donors (Lipinski definition) is 2. The molecule has 0 spiro atoms. The predicted octanol–water partition coefficient (Wildman–Crippen LogP) is 3.13. The van der Waals surface area contributed by atoms with Crippen LogP contribution in [0.5, 0.6) is 11.6 Å². The summed E-state index contributed by atoms with van der Waals surface area (Å²) in [7, 11) is -3.96. The molecule has 0 aliphatic heterocycles. The molecule has 2 N–H and O–H groups in total. The second-order valence-electron chi connectivity index (χ2n) is 6.28. The minimum Gasteiger partial charge on any atom is -0.480 e. The van der Waals surface area contributed by atoms with Crippen LogP contribution in [0.15, 0.2) is 83.9 Å². The van der Waals surface area contributed by atoms with Crippen molar-refractivity contribution in [2.24, 2.45) is 0 Å². The van der Waals surface area contributed by atoms with E-state index in [0.717, 1.165) is 5.56 Å². The number of sulfonamides is 1. The summed E-state index contributed by atoms with van der Waals surface area (Å²) in [6.07, 6.45) is 4.61. The minimum atomic E-state index is -3.96. The third-order valence-electron chi connectivity index (χ3n) is 4.01. The monoisotopic (exact) mass is 438 g/mol. The Hall–Kier alpha value is -3.82. The molecule has 158 valence electrons. The fourth-order valence-corrected chi connectivity index (χ4v) is 3.49. The lowest BCUT2D eigenvalue weighted by Crippen LogP contribution is -2.29. The third-order valence-corrected chi connectivity index (χ3v) is 5.43. The molecule has 9 heteroatoms. The molecule has 2 aromatic carbocycles. The molecule has 0 aliphatic carbocycles. The highest BCUT2D eigenvalue weighted by molar-refractivity contribution is 7.89. The summed E-state index contributed by atoms with van der Waals surface area (Å²) in [4.78, 5) is 26.9. The number of carboxylic acid groups (broad SMARTS) is 1. The summed E-state index contributed by atoms with van der Waals surface area (Å²) in [5.74, 6) is -0.599. The van der Waals surface area contributed by atoms with E-state index < -0.39 is 22.5 Å². The summed E-state index contributed by atoms with van der Waals surface area (Å²) in [6, 6.07) is 17.6. The number of ketones is 1. The number of ether oxygens (including phenoxy) is 1. The SMILES string of the molecule is O=C(O)CNS(=O)(=O)c1ccc(C(=O)/C=C/c2cccc(Oc3ccccn3)c2)cc1. The molecular formula is C22H18N2O6S. The Morgan fingerprint density at radius 1 is 1.03 bits per heavy atom. The van der Waals surface area contributed by atoms with Gasteiger partial charge in [-0.1, -0.05) is 24.3 Å². The molecule has 0 fully saturated rings. The number of aliphatic carboxylic acids is 1. The maximum absolute atomic E-state index is 12.4. The van der Waals surface area contributed by atoms with E-state index in [2.05, 4.69) is 4.98 Å². The van der Waals surface area contributed by atoms with Crippen LogP contribution < -0.4 is 9.46 Å². The number of carboxylic acids is 1. The van der Waals surface area contributed by atoms with Gasteiger partial charge in [0, 0.05) is 17.8 Å². The number of nitrogens with one attached hydrogen (secondary N) is 1. The van der Waals surface area contributed by atoms with Crippen molar-refractivity contribution < 1.29 is 27.9 Å². The zero-order chi connectivity index (χ0) is 22.3. The van der Waals surface area contributed by atoms with Crippen LogP contribution in [0.2, 0.25) is 0 Å². The van der Waals surface area contributed by atoms with Gasteiger partial charge in [-0.3, -0.25) is 9.59 Å². The molecule has 0 unspecified atom stereocenters. The Morgan fingerprint density at radius 3 is 2.48 bits per heavy atom. The Balaban J connectivity index is 1.67. The maximum Gasteiger partial charge on any atom is 0.318 e. The summed E-state index contributed by atoms with van der Waals surface area (Å²) < 4.78 is 31.6. The first-order chi connectivity index (χ1) is 14.8. The fraction of sp³-hybridized carbons (Fsp3) is 0.0455. The van der Waals surface area contributed by atoms with Crippen molar-refractivity contribution >= 4 is 27.9 Å². The molecule has 0 amide bonds. The Labute approximate surface area is 178 Å². The van der Waals surface area contributed by atoms with Gasteiger partial charge >= 0.3 is 5.97 Å². The van der Waals surface area contributed by atoms with Crippen LogP contribution in [0.25, 0.3) is 6.08 Å². The highest BCUT2D eigenvalue weighted by Crippen LogP contribution is 2.21. The van der Waals surface area contributed by atoms with E-state index in [4.69, 9.17) is 9.84 Å². The van der Waals surface area contributed by atoms with Gasteiger partial charge in [-0.15, -0.1) is 0 Å². The molecule has 1 heterocycles. The Morgan fingerprint density at radius 2 is 1.81 bits per heavy atom. The summed E-state index contributed by atoms with van der Waals surface area (Å²) in [5.41, 5.74) is 1.02.